The maximum Gasteiger partial charge on any atom is 0.338 e. The first-order valence-corrected chi connectivity index (χ1v) is 12.2. The number of aromatic nitrogens is 1. The van der Waals surface area contributed by atoms with Crippen LogP contribution in [0.25, 0.3) is 16.8 Å². The summed E-state index contributed by atoms with van der Waals surface area (Å²) in [5.74, 6) is -0.339. The molecule has 0 amide bonds. The molecule has 0 atom stereocenters. The highest BCUT2D eigenvalue weighted by molar-refractivity contribution is 7.11. The first-order chi connectivity index (χ1) is 16.4. The van der Waals surface area contributed by atoms with E-state index < -0.39 is 0 Å². The molecule has 0 bridgehead atoms. The van der Waals surface area contributed by atoms with Gasteiger partial charge in [0, 0.05) is 29.4 Å². The Kier molecular flexibility index (Phi) is 8.97. The smallest absolute Gasteiger partial charge is 0.338 e. The van der Waals surface area contributed by atoms with Crippen molar-refractivity contribution in [2.45, 2.75) is 27.7 Å². The van der Waals surface area contributed by atoms with Gasteiger partial charge in [0.25, 0.3) is 0 Å². The molecular weight excluding hydrogens is 444 g/mol. The highest BCUT2D eigenvalue weighted by Gasteiger charge is 2.11. The van der Waals surface area contributed by atoms with Gasteiger partial charge in [0.1, 0.15) is 23.3 Å². The minimum Gasteiger partial charge on any atom is -0.461 e. The van der Waals surface area contributed by atoms with Crippen LogP contribution in [0.4, 0.5) is 5.69 Å². The summed E-state index contributed by atoms with van der Waals surface area (Å²) in [5.41, 5.74) is 5.99. The molecule has 7 heteroatoms. The number of ether oxygens (including phenoxy) is 1. The molecule has 6 nitrogen and oxygen atoms in total. The number of hydrogen-bond acceptors (Lipinski definition) is 7. The number of nitrogens with zero attached hydrogens (tertiary/aromatic N) is 3. The Labute approximate surface area is 205 Å². The fourth-order valence-corrected chi connectivity index (χ4v) is 4.30. The summed E-state index contributed by atoms with van der Waals surface area (Å²) in [6.07, 6.45) is 1.64. The van der Waals surface area contributed by atoms with Crippen LogP contribution in [0.1, 0.15) is 40.3 Å². The van der Waals surface area contributed by atoms with Crippen LogP contribution < -0.4 is 5.32 Å². The van der Waals surface area contributed by atoms with Gasteiger partial charge in [0.15, 0.2) is 0 Å². The highest BCUT2D eigenvalue weighted by atomic mass is 32.1. The standard InChI is InChI=1S/C27H30N4O2S/c1-5-31(6-2)13-14-33-27(32)21-8-10-23(11-9-21)29-17-22(16-28)26-30-25(18-34-26)24-12-7-19(3)15-20(24)4/h7-12,15,17-18,29H,5-6,13-14H2,1-4H3. The number of esters is 1. The van der Waals surface area contributed by atoms with Crippen molar-refractivity contribution in [2.75, 3.05) is 31.6 Å². The van der Waals surface area contributed by atoms with E-state index in [4.69, 9.17) is 4.74 Å². The minimum absolute atomic E-state index is 0.339. The fourth-order valence-electron chi connectivity index (χ4n) is 3.51. The molecule has 34 heavy (non-hydrogen) atoms. The van der Waals surface area contributed by atoms with Crippen molar-refractivity contribution in [3.8, 4) is 17.3 Å². The number of carbonyl (C=O) groups is 1. The van der Waals surface area contributed by atoms with Gasteiger partial charge in [0.05, 0.1) is 11.3 Å². The third-order valence-corrected chi connectivity index (χ3v) is 6.43. The first-order valence-electron chi connectivity index (χ1n) is 11.3. The number of thiazole rings is 1. The summed E-state index contributed by atoms with van der Waals surface area (Å²) in [4.78, 5) is 19.1. The Morgan fingerprint density at radius 1 is 1.18 bits per heavy atom. The van der Waals surface area contributed by atoms with Crippen molar-refractivity contribution in [3.05, 3.63) is 75.7 Å². The zero-order valence-electron chi connectivity index (χ0n) is 20.1. The summed E-state index contributed by atoms with van der Waals surface area (Å²) in [7, 11) is 0. The molecule has 2 aromatic carbocycles. The molecule has 0 saturated heterocycles. The summed E-state index contributed by atoms with van der Waals surface area (Å²) in [6.45, 7) is 11.3. The monoisotopic (exact) mass is 474 g/mol. The van der Waals surface area contributed by atoms with Crippen LogP contribution in [0.2, 0.25) is 0 Å². The zero-order valence-corrected chi connectivity index (χ0v) is 20.9. The molecule has 1 heterocycles. The number of benzene rings is 2. The Hall–Kier alpha value is -3.47. The third kappa shape index (κ3) is 6.53. The lowest BCUT2D eigenvalue weighted by Crippen LogP contribution is -2.27. The van der Waals surface area contributed by atoms with Gasteiger partial charge in [-0.3, -0.25) is 0 Å². The summed E-state index contributed by atoms with van der Waals surface area (Å²) in [5, 5.41) is 15.4. The van der Waals surface area contributed by atoms with Gasteiger partial charge >= 0.3 is 5.97 Å². The number of nitrogens with one attached hydrogen (secondary N) is 1. The number of allylic oxidation sites excluding steroid dienone is 1. The molecule has 3 aromatic rings. The molecule has 0 saturated carbocycles. The second-order valence-electron chi connectivity index (χ2n) is 7.91. The van der Waals surface area contributed by atoms with Gasteiger partial charge in [-0.05, 0) is 56.8 Å². The molecule has 1 aromatic heterocycles. The average Bonchev–Trinajstić information content (AvgIpc) is 3.32. The van der Waals surface area contributed by atoms with Gasteiger partial charge < -0.3 is 15.0 Å². The van der Waals surface area contributed by atoms with Crippen LogP contribution in [-0.2, 0) is 4.74 Å². The Balaban J connectivity index is 1.62. The Morgan fingerprint density at radius 2 is 1.91 bits per heavy atom. The number of carbonyl (C=O) groups excluding carboxylic acids is 1. The van der Waals surface area contributed by atoms with Gasteiger partial charge in [0.2, 0.25) is 0 Å². The Bertz CT molecular complexity index is 1190. The van der Waals surface area contributed by atoms with E-state index in [0.29, 0.717) is 22.8 Å². The molecule has 0 aliphatic carbocycles. The maximum atomic E-state index is 12.3. The predicted molar refractivity (Wildman–Crippen MR) is 139 cm³/mol. The molecule has 0 spiro atoms. The molecule has 0 aliphatic rings. The number of nitriles is 1. The SMILES string of the molecule is CCN(CC)CCOC(=O)c1ccc(NC=C(C#N)c2nc(-c3ccc(C)cc3C)cs2)cc1. The average molecular weight is 475 g/mol. The van der Waals surface area contributed by atoms with Crippen LogP contribution in [0.3, 0.4) is 0 Å². The molecule has 0 aliphatic heterocycles. The van der Waals surface area contributed by atoms with Crippen LogP contribution in [-0.4, -0.2) is 42.1 Å². The van der Waals surface area contributed by atoms with E-state index in [2.05, 4.69) is 67.2 Å². The van der Waals surface area contributed by atoms with E-state index in [9.17, 15) is 10.1 Å². The van der Waals surface area contributed by atoms with Crippen molar-refractivity contribution in [1.29, 1.82) is 5.26 Å². The Morgan fingerprint density at radius 3 is 2.56 bits per heavy atom. The summed E-state index contributed by atoms with van der Waals surface area (Å²) < 4.78 is 5.37. The lowest BCUT2D eigenvalue weighted by atomic mass is 10.0. The highest BCUT2D eigenvalue weighted by Crippen LogP contribution is 2.28. The van der Waals surface area contributed by atoms with Crippen molar-refractivity contribution in [2.24, 2.45) is 0 Å². The zero-order chi connectivity index (χ0) is 24.5. The third-order valence-electron chi connectivity index (χ3n) is 5.55. The number of likely N-dealkylation sites (N-methyl/N-ethyl adjacent to an activating group) is 1. The van der Waals surface area contributed by atoms with Crippen molar-refractivity contribution in [3.63, 3.8) is 0 Å². The molecule has 0 fully saturated rings. The molecular formula is C27H30N4O2S. The lowest BCUT2D eigenvalue weighted by molar-refractivity contribution is 0.0466. The number of aryl methyl sites for hydroxylation is 2. The number of hydrogen-bond donors (Lipinski definition) is 1. The first kappa shape index (κ1) is 25.2. The van der Waals surface area contributed by atoms with E-state index >= 15 is 0 Å². The molecule has 0 radical (unpaired) electrons. The van der Waals surface area contributed by atoms with E-state index in [1.165, 1.54) is 16.9 Å². The van der Waals surface area contributed by atoms with Crippen LogP contribution in [0, 0.1) is 25.2 Å². The van der Waals surface area contributed by atoms with E-state index in [0.717, 1.165) is 42.1 Å². The lowest BCUT2D eigenvalue weighted by Gasteiger charge is -2.17. The number of rotatable bonds is 10. The second kappa shape index (κ2) is 12.1. The van der Waals surface area contributed by atoms with E-state index in [1.807, 2.05) is 5.38 Å². The quantitative estimate of drug-likeness (QED) is 0.291. The van der Waals surface area contributed by atoms with Crippen molar-refractivity contribution < 1.29 is 9.53 Å². The van der Waals surface area contributed by atoms with Crippen molar-refractivity contribution in [1.82, 2.24) is 9.88 Å². The molecule has 3 rings (SSSR count). The summed E-state index contributed by atoms with van der Waals surface area (Å²) >= 11 is 1.44. The van der Waals surface area contributed by atoms with E-state index in [-0.39, 0.29) is 5.97 Å². The van der Waals surface area contributed by atoms with Gasteiger partial charge in [-0.2, -0.15) is 5.26 Å². The van der Waals surface area contributed by atoms with Crippen LogP contribution in [0.5, 0.6) is 0 Å². The van der Waals surface area contributed by atoms with Gasteiger partial charge in [-0.1, -0.05) is 37.6 Å². The second-order valence-corrected chi connectivity index (χ2v) is 8.77. The molecule has 0 unspecified atom stereocenters. The molecule has 176 valence electrons. The minimum atomic E-state index is -0.339. The van der Waals surface area contributed by atoms with Crippen LogP contribution in [0.15, 0.2) is 54.0 Å². The van der Waals surface area contributed by atoms with Crippen LogP contribution >= 0.6 is 11.3 Å². The van der Waals surface area contributed by atoms with Gasteiger partial charge in [-0.15, -0.1) is 11.3 Å². The largest absolute Gasteiger partial charge is 0.461 e. The fraction of sp³-hybridized carbons (Fsp3) is 0.296. The van der Waals surface area contributed by atoms with Crippen molar-refractivity contribution >= 4 is 28.6 Å². The normalized spacial score (nSPS) is 11.4. The predicted octanol–water partition coefficient (Wildman–Crippen LogP) is 5.90. The molecule has 1 N–H and O–H groups in total. The number of anilines is 1. The summed E-state index contributed by atoms with van der Waals surface area (Å²) in [6, 6.07) is 15.5. The topological polar surface area (TPSA) is 78.2 Å². The maximum absolute atomic E-state index is 12.3. The van der Waals surface area contributed by atoms with Gasteiger partial charge in [-0.25, -0.2) is 9.78 Å². The van der Waals surface area contributed by atoms with E-state index in [1.54, 1.807) is 30.5 Å².